The first kappa shape index (κ1) is 10.5. The summed E-state index contributed by atoms with van der Waals surface area (Å²) < 4.78 is 4.91. The van der Waals surface area contributed by atoms with E-state index in [-0.39, 0.29) is 5.63 Å². The van der Waals surface area contributed by atoms with Gasteiger partial charge in [0.2, 0.25) is 0 Å². The standard InChI is InChI=1S/C9H6O2.C2H7N/c10-9-6-5-7-3-1-2-4-8(7)11-9;1-2-3/h1-6H;2-3H2,1H3. The molecule has 0 saturated heterocycles. The topological polar surface area (TPSA) is 56.2 Å². The maximum Gasteiger partial charge on any atom is 0.336 e. The molecule has 0 unspecified atom stereocenters. The summed E-state index contributed by atoms with van der Waals surface area (Å²) in [6.07, 6.45) is 0. The summed E-state index contributed by atoms with van der Waals surface area (Å²) in [4.78, 5) is 10.7. The quantitative estimate of drug-likeness (QED) is 0.645. The number of rotatable bonds is 0. The highest BCUT2D eigenvalue weighted by atomic mass is 16.4. The van der Waals surface area contributed by atoms with Crippen molar-refractivity contribution < 1.29 is 4.42 Å². The van der Waals surface area contributed by atoms with Gasteiger partial charge in [0.25, 0.3) is 0 Å². The second kappa shape index (κ2) is 5.19. The average Bonchev–Trinajstić information content (AvgIpc) is 2.19. The van der Waals surface area contributed by atoms with Crippen LogP contribution in [-0.4, -0.2) is 6.54 Å². The van der Waals surface area contributed by atoms with Crippen LogP contribution in [-0.2, 0) is 0 Å². The number of benzene rings is 1. The summed E-state index contributed by atoms with van der Waals surface area (Å²) in [5.41, 5.74) is 5.18. The fraction of sp³-hybridized carbons (Fsp3) is 0.182. The van der Waals surface area contributed by atoms with Gasteiger partial charge in [-0.25, -0.2) is 4.79 Å². The molecule has 0 amide bonds. The van der Waals surface area contributed by atoms with Crippen molar-refractivity contribution in [3.05, 3.63) is 46.8 Å². The van der Waals surface area contributed by atoms with Crippen molar-refractivity contribution in [2.24, 2.45) is 5.73 Å². The second-order valence-corrected chi connectivity index (χ2v) is 2.70. The van der Waals surface area contributed by atoms with Crippen molar-refractivity contribution in [3.8, 4) is 0 Å². The zero-order valence-electron chi connectivity index (χ0n) is 8.07. The molecule has 0 bridgehead atoms. The minimum absolute atomic E-state index is 0.302. The lowest BCUT2D eigenvalue weighted by molar-refractivity contribution is 0.561. The summed E-state index contributed by atoms with van der Waals surface area (Å²) in [5.74, 6) is 0. The van der Waals surface area contributed by atoms with Gasteiger partial charge >= 0.3 is 5.63 Å². The fourth-order valence-electron chi connectivity index (χ4n) is 1.01. The Balaban J connectivity index is 0.000000293. The van der Waals surface area contributed by atoms with E-state index in [1.54, 1.807) is 12.1 Å². The van der Waals surface area contributed by atoms with Gasteiger partial charge in [-0.15, -0.1) is 0 Å². The first-order valence-corrected chi connectivity index (χ1v) is 4.47. The molecule has 3 heteroatoms. The lowest BCUT2D eigenvalue weighted by Crippen LogP contribution is -1.93. The summed E-state index contributed by atoms with van der Waals surface area (Å²) in [6.45, 7) is 2.65. The van der Waals surface area contributed by atoms with Crippen molar-refractivity contribution in [2.75, 3.05) is 6.54 Å². The zero-order chi connectivity index (χ0) is 10.4. The molecule has 0 aliphatic carbocycles. The largest absolute Gasteiger partial charge is 0.423 e. The van der Waals surface area contributed by atoms with Crippen molar-refractivity contribution in [3.63, 3.8) is 0 Å². The SMILES string of the molecule is CCN.O=c1ccc2ccccc2o1. The summed E-state index contributed by atoms with van der Waals surface area (Å²) >= 11 is 0. The molecular weight excluding hydrogens is 178 g/mol. The number of nitrogens with two attached hydrogens (primary N) is 1. The van der Waals surface area contributed by atoms with E-state index in [0.717, 1.165) is 11.9 Å². The summed E-state index contributed by atoms with van der Waals surface area (Å²) in [6, 6.07) is 10.6. The highest BCUT2D eigenvalue weighted by Gasteiger charge is 1.92. The molecule has 74 valence electrons. The molecule has 2 rings (SSSR count). The van der Waals surface area contributed by atoms with E-state index in [9.17, 15) is 4.79 Å². The van der Waals surface area contributed by atoms with Crippen LogP contribution in [0.15, 0.2) is 45.6 Å². The molecule has 0 saturated carbocycles. The van der Waals surface area contributed by atoms with Crippen LogP contribution in [0.3, 0.4) is 0 Å². The Labute approximate surface area is 82.2 Å². The molecule has 0 spiro atoms. The molecule has 0 fully saturated rings. The lowest BCUT2D eigenvalue weighted by atomic mass is 10.2. The molecule has 0 atom stereocenters. The van der Waals surface area contributed by atoms with Crippen LogP contribution in [0.2, 0.25) is 0 Å². The van der Waals surface area contributed by atoms with Crippen LogP contribution in [0.1, 0.15) is 6.92 Å². The molecule has 1 aromatic heterocycles. The van der Waals surface area contributed by atoms with E-state index in [1.165, 1.54) is 6.07 Å². The number of hydrogen-bond acceptors (Lipinski definition) is 3. The third-order valence-electron chi connectivity index (χ3n) is 1.53. The Morgan fingerprint density at radius 3 is 2.57 bits per heavy atom. The maximum atomic E-state index is 10.7. The predicted octanol–water partition coefficient (Wildman–Crippen LogP) is 1.76. The first-order valence-electron chi connectivity index (χ1n) is 4.47. The van der Waals surface area contributed by atoms with E-state index in [4.69, 9.17) is 10.2 Å². The Morgan fingerprint density at radius 1 is 1.21 bits per heavy atom. The van der Waals surface area contributed by atoms with E-state index in [2.05, 4.69) is 0 Å². The van der Waals surface area contributed by atoms with Crippen LogP contribution in [0.25, 0.3) is 11.0 Å². The van der Waals surface area contributed by atoms with Crippen molar-refractivity contribution in [1.82, 2.24) is 0 Å². The zero-order valence-corrected chi connectivity index (χ0v) is 8.07. The number of para-hydroxylation sites is 1. The smallest absolute Gasteiger partial charge is 0.336 e. The molecule has 0 aliphatic rings. The van der Waals surface area contributed by atoms with Crippen LogP contribution >= 0.6 is 0 Å². The fourth-order valence-corrected chi connectivity index (χ4v) is 1.01. The van der Waals surface area contributed by atoms with Gasteiger partial charge in [-0.1, -0.05) is 25.1 Å². The third kappa shape index (κ3) is 2.71. The molecular formula is C11H13NO2. The molecule has 2 aromatic rings. The van der Waals surface area contributed by atoms with E-state index in [0.29, 0.717) is 5.58 Å². The molecule has 3 nitrogen and oxygen atoms in total. The van der Waals surface area contributed by atoms with Crippen LogP contribution in [0, 0.1) is 0 Å². The summed E-state index contributed by atoms with van der Waals surface area (Å²) in [7, 11) is 0. The van der Waals surface area contributed by atoms with Crippen molar-refractivity contribution in [2.45, 2.75) is 6.92 Å². The first-order chi connectivity index (χ1) is 6.77. The third-order valence-corrected chi connectivity index (χ3v) is 1.53. The van der Waals surface area contributed by atoms with Gasteiger partial charge in [0, 0.05) is 11.5 Å². The Kier molecular flexibility index (Phi) is 3.88. The van der Waals surface area contributed by atoms with E-state index < -0.39 is 0 Å². The van der Waals surface area contributed by atoms with Gasteiger partial charge in [0.05, 0.1) is 0 Å². The van der Waals surface area contributed by atoms with E-state index >= 15 is 0 Å². The Morgan fingerprint density at radius 2 is 1.86 bits per heavy atom. The minimum atomic E-state index is -0.302. The van der Waals surface area contributed by atoms with Gasteiger partial charge < -0.3 is 10.2 Å². The Hall–Kier alpha value is -1.61. The monoisotopic (exact) mass is 191 g/mol. The van der Waals surface area contributed by atoms with Crippen LogP contribution in [0.5, 0.6) is 0 Å². The van der Waals surface area contributed by atoms with Crippen LogP contribution in [0.4, 0.5) is 0 Å². The average molecular weight is 191 g/mol. The van der Waals surface area contributed by atoms with Gasteiger partial charge in [-0.05, 0) is 18.7 Å². The van der Waals surface area contributed by atoms with Crippen molar-refractivity contribution in [1.29, 1.82) is 0 Å². The number of hydrogen-bond donors (Lipinski definition) is 1. The van der Waals surface area contributed by atoms with E-state index in [1.807, 2.05) is 25.1 Å². The molecule has 2 N–H and O–H groups in total. The normalized spacial score (nSPS) is 9.29. The Bertz CT molecular complexity index is 448. The highest BCUT2D eigenvalue weighted by Crippen LogP contribution is 2.08. The molecule has 1 heterocycles. The molecule has 0 aliphatic heterocycles. The molecule has 14 heavy (non-hydrogen) atoms. The maximum absolute atomic E-state index is 10.7. The number of fused-ring (bicyclic) bond motifs is 1. The second-order valence-electron chi connectivity index (χ2n) is 2.70. The molecule has 1 aromatic carbocycles. The van der Waals surface area contributed by atoms with Gasteiger partial charge in [0.1, 0.15) is 5.58 Å². The van der Waals surface area contributed by atoms with Gasteiger partial charge in [-0.3, -0.25) is 0 Å². The van der Waals surface area contributed by atoms with Crippen LogP contribution < -0.4 is 11.4 Å². The van der Waals surface area contributed by atoms with Gasteiger partial charge in [0.15, 0.2) is 0 Å². The lowest BCUT2D eigenvalue weighted by Gasteiger charge is -1.91. The van der Waals surface area contributed by atoms with Gasteiger partial charge in [-0.2, -0.15) is 0 Å². The summed E-state index contributed by atoms with van der Waals surface area (Å²) in [5, 5.41) is 0.951. The predicted molar refractivity (Wildman–Crippen MR) is 57.2 cm³/mol. The highest BCUT2D eigenvalue weighted by molar-refractivity contribution is 5.75. The van der Waals surface area contributed by atoms with Crippen molar-refractivity contribution >= 4 is 11.0 Å². The minimum Gasteiger partial charge on any atom is -0.423 e. The molecule has 0 radical (unpaired) electrons.